The van der Waals surface area contributed by atoms with Crippen molar-refractivity contribution in [2.24, 2.45) is 0 Å². The smallest absolute Gasteiger partial charge is 0.184 e. The van der Waals surface area contributed by atoms with E-state index in [-0.39, 0.29) is 11.4 Å². The molecule has 0 aliphatic rings. The minimum atomic E-state index is -0.866. The van der Waals surface area contributed by atoms with Crippen molar-refractivity contribution in [2.45, 2.75) is 19.8 Å². The first-order valence-electron chi connectivity index (χ1n) is 4.84. The largest absolute Gasteiger partial charge is 0.253 e. The van der Waals surface area contributed by atoms with Crippen molar-refractivity contribution in [2.75, 3.05) is 0 Å². The Morgan fingerprint density at radius 3 is 2.53 bits per heavy atom. The van der Waals surface area contributed by atoms with Crippen LogP contribution in [0.4, 0.5) is 8.78 Å². The van der Waals surface area contributed by atoms with Crippen molar-refractivity contribution in [1.29, 1.82) is 0 Å². The molecule has 1 heterocycles. The SMILES string of the molecule is CC(C)c1ccnc2c(F)c(F)ccc12. The summed E-state index contributed by atoms with van der Waals surface area (Å²) in [5.74, 6) is -1.45. The molecule has 0 atom stereocenters. The lowest BCUT2D eigenvalue weighted by atomic mass is 9.99. The standard InChI is InChI=1S/C12H11F2N/c1-7(2)8-5-6-15-12-9(8)3-4-10(13)11(12)14/h3-7H,1-2H3. The Hall–Kier alpha value is -1.51. The van der Waals surface area contributed by atoms with Crippen LogP contribution in [0.2, 0.25) is 0 Å². The summed E-state index contributed by atoms with van der Waals surface area (Å²) in [4.78, 5) is 3.87. The molecule has 0 radical (unpaired) electrons. The van der Waals surface area contributed by atoms with E-state index in [0.717, 1.165) is 11.6 Å². The molecule has 0 fully saturated rings. The maximum Gasteiger partial charge on any atom is 0.184 e. The number of rotatable bonds is 1. The van der Waals surface area contributed by atoms with Gasteiger partial charge in [-0.05, 0) is 29.7 Å². The highest BCUT2D eigenvalue weighted by Gasteiger charge is 2.12. The molecule has 0 N–H and O–H groups in total. The zero-order valence-corrected chi connectivity index (χ0v) is 8.59. The van der Waals surface area contributed by atoms with Gasteiger partial charge in [0.25, 0.3) is 0 Å². The third-order valence-corrected chi connectivity index (χ3v) is 2.46. The van der Waals surface area contributed by atoms with Gasteiger partial charge in [-0.3, -0.25) is 4.98 Å². The van der Waals surface area contributed by atoms with Crippen molar-refractivity contribution in [3.8, 4) is 0 Å². The topological polar surface area (TPSA) is 12.9 Å². The minimum Gasteiger partial charge on any atom is -0.253 e. The van der Waals surface area contributed by atoms with Crippen molar-refractivity contribution < 1.29 is 8.78 Å². The first kappa shape index (κ1) is 10.0. The highest BCUT2D eigenvalue weighted by molar-refractivity contribution is 5.83. The van der Waals surface area contributed by atoms with Crippen LogP contribution < -0.4 is 0 Å². The molecule has 15 heavy (non-hydrogen) atoms. The zero-order valence-electron chi connectivity index (χ0n) is 8.59. The summed E-state index contributed by atoms with van der Waals surface area (Å²) < 4.78 is 26.4. The third kappa shape index (κ3) is 1.58. The summed E-state index contributed by atoms with van der Waals surface area (Å²) in [5.41, 5.74) is 1.10. The van der Waals surface area contributed by atoms with Gasteiger partial charge in [0.05, 0.1) is 0 Å². The van der Waals surface area contributed by atoms with Gasteiger partial charge in [-0.2, -0.15) is 0 Å². The molecule has 0 bridgehead atoms. The fourth-order valence-corrected chi connectivity index (χ4v) is 1.68. The molecular weight excluding hydrogens is 196 g/mol. The van der Waals surface area contributed by atoms with Crippen LogP contribution in [0.1, 0.15) is 25.3 Å². The summed E-state index contributed by atoms with van der Waals surface area (Å²) in [6, 6.07) is 4.56. The summed E-state index contributed by atoms with van der Waals surface area (Å²) >= 11 is 0. The average Bonchev–Trinajstić information content (AvgIpc) is 2.23. The fourth-order valence-electron chi connectivity index (χ4n) is 1.68. The molecule has 78 valence electrons. The Labute approximate surface area is 86.8 Å². The lowest BCUT2D eigenvalue weighted by Gasteiger charge is -2.09. The van der Waals surface area contributed by atoms with Crippen molar-refractivity contribution in [3.63, 3.8) is 0 Å². The summed E-state index contributed by atoms with van der Waals surface area (Å²) in [7, 11) is 0. The molecule has 1 aromatic carbocycles. The molecule has 2 aromatic rings. The lowest BCUT2D eigenvalue weighted by molar-refractivity contribution is 0.515. The van der Waals surface area contributed by atoms with Crippen LogP contribution in [-0.2, 0) is 0 Å². The highest BCUT2D eigenvalue weighted by atomic mass is 19.2. The van der Waals surface area contributed by atoms with Crippen LogP contribution in [0.25, 0.3) is 10.9 Å². The van der Waals surface area contributed by atoms with Crippen LogP contribution in [0.15, 0.2) is 24.4 Å². The first-order valence-corrected chi connectivity index (χ1v) is 4.84. The lowest BCUT2D eigenvalue weighted by Crippen LogP contribution is -1.95. The second-order valence-electron chi connectivity index (χ2n) is 3.81. The van der Waals surface area contributed by atoms with Gasteiger partial charge in [-0.1, -0.05) is 13.8 Å². The summed E-state index contributed by atoms with van der Waals surface area (Å²) in [6.07, 6.45) is 1.51. The molecule has 3 heteroatoms. The highest BCUT2D eigenvalue weighted by Crippen LogP contribution is 2.26. The van der Waals surface area contributed by atoms with Crippen LogP contribution >= 0.6 is 0 Å². The number of hydrogen-bond donors (Lipinski definition) is 0. The Balaban J connectivity index is 2.83. The van der Waals surface area contributed by atoms with Gasteiger partial charge in [-0.25, -0.2) is 8.78 Å². The van der Waals surface area contributed by atoms with Crippen LogP contribution in [0.5, 0.6) is 0 Å². The quantitative estimate of drug-likeness (QED) is 0.695. The number of benzene rings is 1. The van der Waals surface area contributed by atoms with Gasteiger partial charge in [0.2, 0.25) is 0 Å². The predicted molar refractivity (Wildman–Crippen MR) is 55.7 cm³/mol. The molecule has 0 saturated heterocycles. The Morgan fingerprint density at radius 2 is 1.87 bits per heavy atom. The first-order chi connectivity index (χ1) is 7.11. The van der Waals surface area contributed by atoms with E-state index in [2.05, 4.69) is 4.98 Å². The molecule has 0 aliphatic heterocycles. The molecule has 1 aromatic heterocycles. The maximum atomic E-state index is 13.4. The van der Waals surface area contributed by atoms with E-state index >= 15 is 0 Å². The van der Waals surface area contributed by atoms with Crippen LogP contribution in [0, 0.1) is 11.6 Å². The monoisotopic (exact) mass is 207 g/mol. The molecule has 0 spiro atoms. The van der Waals surface area contributed by atoms with E-state index in [1.165, 1.54) is 6.20 Å². The van der Waals surface area contributed by atoms with Gasteiger partial charge in [0, 0.05) is 11.6 Å². The molecule has 0 unspecified atom stereocenters. The number of halogens is 2. The van der Waals surface area contributed by atoms with Gasteiger partial charge < -0.3 is 0 Å². The predicted octanol–water partition coefficient (Wildman–Crippen LogP) is 3.64. The molecule has 0 aliphatic carbocycles. The van der Waals surface area contributed by atoms with E-state index in [4.69, 9.17) is 0 Å². The van der Waals surface area contributed by atoms with Crippen molar-refractivity contribution in [1.82, 2.24) is 4.98 Å². The van der Waals surface area contributed by atoms with E-state index in [1.807, 2.05) is 19.9 Å². The minimum absolute atomic E-state index is 0.112. The van der Waals surface area contributed by atoms with Crippen molar-refractivity contribution >= 4 is 10.9 Å². The maximum absolute atomic E-state index is 13.4. The normalized spacial score (nSPS) is 11.3. The number of aromatic nitrogens is 1. The van der Waals surface area contributed by atoms with Crippen molar-refractivity contribution in [3.05, 3.63) is 41.6 Å². The fraction of sp³-hybridized carbons (Fsp3) is 0.250. The van der Waals surface area contributed by atoms with E-state index in [1.54, 1.807) is 6.07 Å². The van der Waals surface area contributed by atoms with Gasteiger partial charge in [-0.15, -0.1) is 0 Å². The summed E-state index contributed by atoms with van der Waals surface area (Å²) in [6.45, 7) is 4.02. The van der Waals surface area contributed by atoms with Gasteiger partial charge in [0.1, 0.15) is 5.52 Å². The number of nitrogens with zero attached hydrogens (tertiary/aromatic N) is 1. The van der Waals surface area contributed by atoms with E-state index in [0.29, 0.717) is 5.39 Å². The zero-order chi connectivity index (χ0) is 11.0. The summed E-state index contributed by atoms with van der Waals surface area (Å²) in [5, 5.41) is 0.686. The number of fused-ring (bicyclic) bond motifs is 1. The molecule has 0 saturated carbocycles. The van der Waals surface area contributed by atoms with Crippen LogP contribution in [0.3, 0.4) is 0 Å². The second kappa shape index (κ2) is 3.57. The third-order valence-electron chi connectivity index (χ3n) is 2.46. The Kier molecular flexibility index (Phi) is 2.39. The second-order valence-corrected chi connectivity index (χ2v) is 3.81. The Bertz CT molecular complexity index is 506. The van der Waals surface area contributed by atoms with Gasteiger partial charge in [0.15, 0.2) is 11.6 Å². The molecular formula is C12H11F2N. The number of pyridine rings is 1. The van der Waals surface area contributed by atoms with Gasteiger partial charge >= 0.3 is 0 Å². The van der Waals surface area contributed by atoms with Crippen LogP contribution in [-0.4, -0.2) is 4.98 Å². The Morgan fingerprint density at radius 1 is 1.13 bits per heavy atom. The number of hydrogen-bond acceptors (Lipinski definition) is 1. The molecule has 2 rings (SSSR count). The average molecular weight is 207 g/mol. The molecule has 0 amide bonds. The van der Waals surface area contributed by atoms with E-state index < -0.39 is 11.6 Å². The van der Waals surface area contributed by atoms with E-state index in [9.17, 15) is 8.78 Å². The molecule has 1 nitrogen and oxygen atoms in total.